The maximum atomic E-state index is 5.89. The molecular weight excluding hydrogens is 192 g/mol. The van der Waals surface area contributed by atoms with Crippen molar-refractivity contribution in [2.24, 2.45) is 5.73 Å². The number of aromatic nitrogens is 2. The van der Waals surface area contributed by atoms with Gasteiger partial charge in [-0.15, -0.1) is 0 Å². The van der Waals surface area contributed by atoms with Gasteiger partial charge in [0.25, 0.3) is 5.95 Å². The van der Waals surface area contributed by atoms with Crippen LogP contribution in [0.5, 0.6) is 0 Å². The van der Waals surface area contributed by atoms with E-state index in [1.807, 2.05) is 4.90 Å². The van der Waals surface area contributed by atoms with E-state index in [4.69, 9.17) is 10.3 Å². The molecule has 0 aliphatic carbocycles. The van der Waals surface area contributed by atoms with Crippen molar-refractivity contribution in [3.8, 4) is 0 Å². The smallest absolute Gasteiger partial charge is 0.266 e. The van der Waals surface area contributed by atoms with Gasteiger partial charge in [-0.1, -0.05) is 13.3 Å². The van der Waals surface area contributed by atoms with Crippen LogP contribution < -0.4 is 10.6 Å². The summed E-state index contributed by atoms with van der Waals surface area (Å²) in [5.74, 6) is 1.18. The van der Waals surface area contributed by atoms with E-state index in [2.05, 4.69) is 30.9 Å². The van der Waals surface area contributed by atoms with E-state index >= 15 is 0 Å². The van der Waals surface area contributed by atoms with Crippen LogP contribution in [0.3, 0.4) is 0 Å². The number of rotatable bonds is 6. The van der Waals surface area contributed by atoms with Crippen LogP contribution in [0.25, 0.3) is 0 Å². The van der Waals surface area contributed by atoms with Crippen LogP contribution in [-0.2, 0) is 0 Å². The van der Waals surface area contributed by atoms with Crippen molar-refractivity contribution < 1.29 is 4.52 Å². The molecule has 1 rings (SSSR count). The van der Waals surface area contributed by atoms with Crippen molar-refractivity contribution in [2.45, 2.75) is 39.7 Å². The predicted molar refractivity (Wildman–Crippen MR) is 59.7 cm³/mol. The van der Waals surface area contributed by atoms with Crippen LogP contribution >= 0.6 is 0 Å². The molecule has 86 valence electrons. The van der Waals surface area contributed by atoms with Crippen molar-refractivity contribution in [1.82, 2.24) is 10.1 Å². The molecular formula is C10H20N4O. The molecule has 0 aromatic carbocycles. The zero-order valence-electron chi connectivity index (χ0n) is 9.73. The zero-order valence-corrected chi connectivity index (χ0v) is 9.73. The van der Waals surface area contributed by atoms with E-state index in [-0.39, 0.29) is 6.04 Å². The topological polar surface area (TPSA) is 68.2 Å². The number of anilines is 1. The molecule has 0 aliphatic rings. The first-order chi connectivity index (χ1) is 7.22. The molecule has 0 saturated heterocycles. The van der Waals surface area contributed by atoms with Crippen LogP contribution in [0, 0.1) is 0 Å². The van der Waals surface area contributed by atoms with Crippen LogP contribution in [0.1, 0.15) is 45.5 Å². The molecule has 0 aliphatic heterocycles. The Labute approximate surface area is 90.6 Å². The van der Waals surface area contributed by atoms with Gasteiger partial charge in [-0.3, -0.25) is 0 Å². The molecule has 15 heavy (non-hydrogen) atoms. The van der Waals surface area contributed by atoms with Gasteiger partial charge in [-0.25, -0.2) is 0 Å². The fraction of sp³-hybridized carbons (Fsp3) is 0.800. The molecule has 1 unspecified atom stereocenters. The summed E-state index contributed by atoms with van der Waals surface area (Å²) in [6.07, 6.45) is 1.89. The highest BCUT2D eigenvalue weighted by atomic mass is 16.5. The first-order valence-electron chi connectivity index (χ1n) is 5.57. The predicted octanol–water partition coefficient (Wildman–Crippen LogP) is 1.72. The normalized spacial score (nSPS) is 12.8. The van der Waals surface area contributed by atoms with Crippen LogP contribution in [0.2, 0.25) is 0 Å². The first-order valence-corrected chi connectivity index (χ1v) is 5.57. The number of hydrogen-bond acceptors (Lipinski definition) is 5. The standard InChI is InChI=1S/C10H20N4O/c1-4-7-8(11)9-12-10(13-15-9)14(5-2)6-3/h8H,4-7,11H2,1-3H3. The molecule has 0 spiro atoms. The summed E-state index contributed by atoms with van der Waals surface area (Å²) in [4.78, 5) is 6.33. The zero-order chi connectivity index (χ0) is 11.3. The number of hydrogen-bond donors (Lipinski definition) is 1. The van der Waals surface area contributed by atoms with Crippen molar-refractivity contribution in [2.75, 3.05) is 18.0 Å². The summed E-state index contributed by atoms with van der Waals surface area (Å²) < 4.78 is 5.14. The van der Waals surface area contributed by atoms with E-state index in [9.17, 15) is 0 Å². The molecule has 0 amide bonds. The Bertz CT molecular complexity index is 283. The summed E-state index contributed by atoms with van der Waals surface area (Å²) in [6, 6.07) is -0.133. The van der Waals surface area contributed by atoms with Crippen LogP contribution in [0.4, 0.5) is 5.95 Å². The molecule has 0 bridgehead atoms. The Kier molecular flexibility index (Phi) is 4.55. The van der Waals surface area contributed by atoms with E-state index in [0.717, 1.165) is 25.9 Å². The minimum atomic E-state index is -0.133. The largest absolute Gasteiger partial charge is 0.339 e. The molecule has 5 heteroatoms. The van der Waals surface area contributed by atoms with E-state index < -0.39 is 0 Å². The molecule has 0 fully saturated rings. The SMILES string of the molecule is CCCC(N)c1nc(N(CC)CC)no1. The summed E-state index contributed by atoms with van der Waals surface area (Å²) >= 11 is 0. The summed E-state index contributed by atoms with van der Waals surface area (Å²) in [5, 5.41) is 3.92. The Hall–Kier alpha value is -1.10. The van der Waals surface area contributed by atoms with E-state index in [0.29, 0.717) is 11.8 Å². The maximum absolute atomic E-state index is 5.89. The average molecular weight is 212 g/mol. The van der Waals surface area contributed by atoms with Gasteiger partial charge in [0.1, 0.15) is 0 Å². The molecule has 1 aromatic heterocycles. The maximum Gasteiger partial charge on any atom is 0.266 e. The van der Waals surface area contributed by atoms with Gasteiger partial charge >= 0.3 is 0 Å². The van der Waals surface area contributed by atoms with E-state index in [1.165, 1.54) is 0 Å². The number of nitrogens with zero attached hydrogens (tertiary/aromatic N) is 3. The first kappa shape index (κ1) is 12.0. The molecule has 0 saturated carbocycles. The Morgan fingerprint density at radius 3 is 2.53 bits per heavy atom. The third-order valence-electron chi connectivity index (χ3n) is 2.39. The Morgan fingerprint density at radius 2 is 2.00 bits per heavy atom. The van der Waals surface area contributed by atoms with Gasteiger partial charge in [-0.05, 0) is 25.4 Å². The quantitative estimate of drug-likeness (QED) is 0.777. The molecule has 2 N–H and O–H groups in total. The lowest BCUT2D eigenvalue weighted by atomic mass is 10.2. The van der Waals surface area contributed by atoms with Gasteiger partial charge in [0.05, 0.1) is 6.04 Å². The molecule has 0 radical (unpaired) electrons. The van der Waals surface area contributed by atoms with Gasteiger partial charge in [0.15, 0.2) is 0 Å². The second kappa shape index (κ2) is 5.70. The van der Waals surface area contributed by atoms with E-state index in [1.54, 1.807) is 0 Å². The highest BCUT2D eigenvalue weighted by molar-refractivity contribution is 5.26. The summed E-state index contributed by atoms with van der Waals surface area (Å²) in [6.45, 7) is 7.95. The van der Waals surface area contributed by atoms with Crippen molar-refractivity contribution >= 4 is 5.95 Å². The van der Waals surface area contributed by atoms with Gasteiger partial charge in [0, 0.05) is 13.1 Å². The van der Waals surface area contributed by atoms with Crippen molar-refractivity contribution in [3.05, 3.63) is 5.89 Å². The number of nitrogens with two attached hydrogens (primary N) is 1. The van der Waals surface area contributed by atoms with Gasteiger partial charge in [-0.2, -0.15) is 4.98 Å². The molecule has 1 aromatic rings. The van der Waals surface area contributed by atoms with Crippen molar-refractivity contribution in [3.63, 3.8) is 0 Å². The molecule has 1 heterocycles. The lowest BCUT2D eigenvalue weighted by Gasteiger charge is -2.14. The minimum absolute atomic E-state index is 0.133. The summed E-state index contributed by atoms with van der Waals surface area (Å²) in [5.41, 5.74) is 5.89. The molecule has 5 nitrogen and oxygen atoms in total. The van der Waals surface area contributed by atoms with Gasteiger partial charge < -0.3 is 15.2 Å². The third-order valence-corrected chi connectivity index (χ3v) is 2.39. The Morgan fingerprint density at radius 1 is 1.33 bits per heavy atom. The highest BCUT2D eigenvalue weighted by Crippen LogP contribution is 2.16. The monoisotopic (exact) mass is 212 g/mol. The lowest BCUT2D eigenvalue weighted by Crippen LogP contribution is -2.23. The van der Waals surface area contributed by atoms with Crippen LogP contribution in [0.15, 0.2) is 4.52 Å². The molecule has 1 atom stereocenters. The average Bonchev–Trinajstić information content (AvgIpc) is 2.69. The van der Waals surface area contributed by atoms with Crippen molar-refractivity contribution in [1.29, 1.82) is 0 Å². The highest BCUT2D eigenvalue weighted by Gasteiger charge is 2.16. The second-order valence-corrected chi connectivity index (χ2v) is 3.50. The fourth-order valence-corrected chi connectivity index (χ4v) is 1.45. The third kappa shape index (κ3) is 2.92. The second-order valence-electron chi connectivity index (χ2n) is 3.50. The summed E-state index contributed by atoms with van der Waals surface area (Å²) in [7, 11) is 0. The fourth-order valence-electron chi connectivity index (χ4n) is 1.45. The minimum Gasteiger partial charge on any atom is -0.339 e. The van der Waals surface area contributed by atoms with Gasteiger partial charge in [0.2, 0.25) is 5.89 Å². The lowest BCUT2D eigenvalue weighted by molar-refractivity contribution is 0.347. The Balaban J connectivity index is 2.70. The van der Waals surface area contributed by atoms with Crippen LogP contribution in [-0.4, -0.2) is 23.2 Å².